The zero-order valence-electron chi connectivity index (χ0n) is 18.2. The zero-order chi connectivity index (χ0) is 22.2. The van der Waals surface area contributed by atoms with E-state index in [1.807, 2.05) is 31.3 Å². The standard InChI is InChI=1S/C24H31F2N3O2/c1-3-14-31-22-8-4-18(5-9-22)16-27-24(30)29(21-10-12-28(2)13-11-21)17-19-6-7-20(25)15-23(19)26/h4-9,15,21H,3,10-14,16-17H2,1-2H3,(H,27,30). The predicted octanol–water partition coefficient (Wildman–Crippen LogP) is 4.56. The van der Waals surface area contributed by atoms with Crippen LogP contribution in [0.1, 0.15) is 37.3 Å². The number of rotatable bonds is 8. The molecule has 0 bridgehead atoms. The molecule has 7 heteroatoms. The second-order valence-electron chi connectivity index (χ2n) is 8.05. The Hall–Kier alpha value is -2.67. The van der Waals surface area contributed by atoms with Crippen LogP contribution in [0.2, 0.25) is 0 Å². The van der Waals surface area contributed by atoms with Crippen LogP contribution < -0.4 is 10.1 Å². The molecule has 1 aliphatic rings. The Balaban J connectivity index is 1.66. The Morgan fingerprint density at radius 1 is 1.16 bits per heavy atom. The second kappa shape index (κ2) is 11.1. The lowest BCUT2D eigenvalue weighted by atomic mass is 10.0. The lowest BCUT2D eigenvalue weighted by Crippen LogP contribution is -2.49. The molecule has 0 aliphatic carbocycles. The van der Waals surface area contributed by atoms with Crippen molar-refractivity contribution in [3.05, 3.63) is 65.2 Å². The first kappa shape index (κ1) is 23.0. The fraction of sp³-hybridized carbons (Fsp3) is 0.458. The largest absolute Gasteiger partial charge is 0.494 e. The average Bonchev–Trinajstić information content (AvgIpc) is 2.77. The summed E-state index contributed by atoms with van der Waals surface area (Å²) in [6, 6.07) is 10.9. The van der Waals surface area contributed by atoms with E-state index in [4.69, 9.17) is 4.74 Å². The van der Waals surface area contributed by atoms with Crippen molar-refractivity contribution in [2.75, 3.05) is 26.7 Å². The number of piperidine rings is 1. The number of carbonyl (C=O) groups is 1. The molecule has 0 atom stereocenters. The van der Waals surface area contributed by atoms with Crippen LogP contribution >= 0.6 is 0 Å². The number of urea groups is 1. The molecule has 5 nitrogen and oxygen atoms in total. The Kier molecular flexibility index (Phi) is 8.23. The maximum absolute atomic E-state index is 14.3. The van der Waals surface area contributed by atoms with Crippen LogP contribution in [0.4, 0.5) is 13.6 Å². The fourth-order valence-electron chi connectivity index (χ4n) is 3.71. The molecule has 31 heavy (non-hydrogen) atoms. The summed E-state index contributed by atoms with van der Waals surface area (Å²) in [6.07, 6.45) is 2.58. The number of halogens is 2. The van der Waals surface area contributed by atoms with Gasteiger partial charge in [0.05, 0.1) is 13.2 Å². The lowest BCUT2D eigenvalue weighted by molar-refractivity contribution is 0.126. The summed E-state index contributed by atoms with van der Waals surface area (Å²) < 4.78 is 33.1. The highest BCUT2D eigenvalue weighted by Crippen LogP contribution is 2.21. The quantitative estimate of drug-likeness (QED) is 0.667. The number of likely N-dealkylation sites (tertiary alicyclic amines) is 1. The number of carbonyl (C=O) groups excluding carboxylic acids is 1. The van der Waals surface area contributed by atoms with Gasteiger partial charge in [0.2, 0.25) is 0 Å². The summed E-state index contributed by atoms with van der Waals surface area (Å²) in [5, 5.41) is 2.96. The van der Waals surface area contributed by atoms with E-state index in [9.17, 15) is 13.6 Å². The van der Waals surface area contributed by atoms with Gasteiger partial charge >= 0.3 is 6.03 Å². The van der Waals surface area contributed by atoms with Gasteiger partial charge < -0.3 is 19.9 Å². The van der Waals surface area contributed by atoms with E-state index in [2.05, 4.69) is 17.1 Å². The smallest absolute Gasteiger partial charge is 0.318 e. The molecule has 1 fully saturated rings. The first-order chi connectivity index (χ1) is 15.0. The number of ether oxygens (including phenoxy) is 1. The van der Waals surface area contributed by atoms with Crippen molar-refractivity contribution in [3.63, 3.8) is 0 Å². The molecule has 1 N–H and O–H groups in total. The predicted molar refractivity (Wildman–Crippen MR) is 117 cm³/mol. The van der Waals surface area contributed by atoms with Gasteiger partial charge in [-0.05, 0) is 63.2 Å². The summed E-state index contributed by atoms with van der Waals surface area (Å²) in [5.74, 6) is -0.451. The van der Waals surface area contributed by atoms with Crippen LogP contribution in [-0.4, -0.2) is 48.6 Å². The van der Waals surface area contributed by atoms with E-state index in [1.165, 1.54) is 12.1 Å². The van der Waals surface area contributed by atoms with Crippen LogP contribution in [0.3, 0.4) is 0 Å². The number of amides is 2. The lowest BCUT2D eigenvalue weighted by Gasteiger charge is -2.37. The molecule has 0 aromatic heterocycles. The molecule has 0 saturated carbocycles. The average molecular weight is 432 g/mol. The highest BCUT2D eigenvalue weighted by molar-refractivity contribution is 5.74. The monoisotopic (exact) mass is 431 g/mol. The Labute approximate surface area is 183 Å². The molecule has 3 rings (SSSR count). The van der Waals surface area contributed by atoms with Crippen LogP contribution in [0.5, 0.6) is 5.75 Å². The van der Waals surface area contributed by atoms with E-state index in [0.717, 1.165) is 49.7 Å². The van der Waals surface area contributed by atoms with Crippen molar-refractivity contribution in [2.24, 2.45) is 0 Å². The molecule has 0 radical (unpaired) electrons. The number of nitrogens with zero attached hydrogens (tertiary/aromatic N) is 2. The van der Waals surface area contributed by atoms with Crippen molar-refractivity contribution < 1.29 is 18.3 Å². The maximum atomic E-state index is 14.3. The minimum Gasteiger partial charge on any atom is -0.494 e. The molecule has 1 aliphatic heterocycles. The summed E-state index contributed by atoms with van der Waals surface area (Å²) >= 11 is 0. The van der Waals surface area contributed by atoms with E-state index in [-0.39, 0.29) is 18.6 Å². The highest BCUT2D eigenvalue weighted by Gasteiger charge is 2.27. The minimum absolute atomic E-state index is 0.00507. The van der Waals surface area contributed by atoms with Crippen LogP contribution in [0.25, 0.3) is 0 Å². The summed E-state index contributed by atoms with van der Waals surface area (Å²) in [7, 11) is 2.05. The van der Waals surface area contributed by atoms with E-state index >= 15 is 0 Å². The SMILES string of the molecule is CCCOc1ccc(CNC(=O)N(Cc2ccc(F)cc2F)C2CCN(C)CC2)cc1. The van der Waals surface area contributed by atoms with E-state index in [1.54, 1.807) is 4.90 Å². The number of hydrogen-bond donors (Lipinski definition) is 1. The maximum Gasteiger partial charge on any atom is 0.318 e. The second-order valence-corrected chi connectivity index (χ2v) is 8.05. The Bertz CT molecular complexity index is 852. The third-order valence-corrected chi connectivity index (χ3v) is 5.59. The highest BCUT2D eigenvalue weighted by atomic mass is 19.1. The molecular weight excluding hydrogens is 400 g/mol. The Morgan fingerprint density at radius 2 is 1.87 bits per heavy atom. The number of hydrogen-bond acceptors (Lipinski definition) is 3. The molecule has 168 valence electrons. The molecule has 0 spiro atoms. The summed E-state index contributed by atoms with van der Waals surface area (Å²) in [4.78, 5) is 17.0. The van der Waals surface area contributed by atoms with Gasteiger partial charge in [-0.25, -0.2) is 13.6 Å². The Morgan fingerprint density at radius 3 is 2.52 bits per heavy atom. The van der Waals surface area contributed by atoms with Crippen LogP contribution in [0.15, 0.2) is 42.5 Å². The zero-order valence-corrected chi connectivity index (χ0v) is 18.2. The first-order valence-corrected chi connectivity index (χ1v) is 10.8. The summed E-state index contributed by atoms with van der Waals surface area (Å²) in [6.45, 7) is 4.94. The van der Waals surface area contributed by atoms with Crippen molar-refractivity contribution in [2.45, 2.75) is 45.3 Å². The van der Waals surface area contributed by atoms with Crippen LogP contribution in [-0.2, 0) is 13.1 Å². The van der Waals surface area contributed by atoms with Crippen molar-refractivity contribution >= 4 is 6.03 Å². The fourth-order valence-corrected chi connectivity index (χ4v) is 3.71. The topological polar surface area (TPSA) is 44.8 Å². The first-order valence-electron chi connectivity index (χ1n) is 10.8. The van der Waals surface area contributed by atoms with Gasteiger partial charge in [0, 0.05) is 24.2 Å². The molecule has 2 aromatic carbocycles. The van der Waals surface area contributed by atoms with Gasteiger partial charge in [-0.2, -0.15) is 0 Å². The normalized spacial score (nSPS) is 15.0. The molecule has 2 amide bonds. The third-order valence-electron chi connectivity index (χ3n) is 5.59. The van der Waals surface area contributed by atoms with Crippen molar-refractivity contribution in [1.82, 2.24) is 15.1 Å². The molecular formula is C24H31F2N3O2. The van der Waals surface area contributed by atoms with Crippen LogP contribution in [0, 0.1) is 11.6 Å². The number of nitrogens with one attached hydrogen (secondary N) is 1. The van der Waals surface area contributed by atoms with Crippen molar-refractivity contribution in [1.29, 1.82) is 0 Å². The van der Waals surface area contributed by atoms with Gasteiger partial charge in [-0.1, -0.05) is 25.1 Å². The van der Waals surface area contributed by atoms with Crippen molar-refractivity contribution in [3.8, 4) is 5.75 Å². The van der Waals surface area contributed by atoms with E-state index in [0.29, 0.717) is 18.7 Å². The number of benzene rings is 2. The molecule has 0 unspecified atom stereocenters. The summed E-state index contributed by atoms with van der Waals surface area (Å²) in [5.41, 5.74) is 1.27. The minimum atomic E-state index is -0.631. The van der Waals surface area contributed by atoms with Gasteiger partial charge in [0.1, 0.15) is 17.4 Å². The van der Waals surface area contributed by atoms with Gasteiger partial charge in [0.25, 0.3) is 0 Å². The molecule has 1 heterocycles. The molecule has 2 aromatic rings. The van der Waals surface area contributed by atoms with Gasteiger partial charge in [-0.15, -0.1) is 0 Å². The third kappa shape index (κ3) is 6.66. The molecule has 1 saturated heterocycles. The van der Waals surface area contributed by atoms with E-state index < -0.39 is 11.6 Å². The van der Waals surface area contributed by atoms with Gasteiger partial charge in [0.15, 0.2) is 0 Å². The van der Waals surface area contributed by atoms with Gasteiger partial charge in [-0.3, -0.25) is 0 Å².